The second-order valence-corrected chi connectivity index (χ2v) is 6.53. The molecule has 1 N–H and O–H groups in total. The number of nitrogens with one attached hydrogen (secondary N) is 1. The van der Waals surface area contributed by atoms with Crippen molar-refractivity contribution in [2.45, 2.75) is 6.61 Å². The molecule has 0 aliphatic carbocycles. The van der Waals surface area contributed by atoms with E-state index in [4.69, 9.17) is 4.74 Å². The van der Waals surface area contributed by atoms with Crippen LogP contribution in [0.25, 0.3) is 16.5 Å². The summed E-state index contributed by atoms with van der Waals surface area (Å²) in [5.41, 5.74) is 2.19. The Morgan fingerprint density at radius 3 is 2.44 bits per heavy atom. The predicted octanol–water partition coefficient (Wildman–Crippen LogP) is 5.35. The van der Waals surface area contributed by atoms with Gasteiger partial charge in [0.15, 0.2) is 0 Å². The van der Waals surface area contributed by atoms with Crippen molar-refractivity contribution >= 4 is 23.5 Å². The van der Waals surface area contributed by atoms with Crippen molar-refractivity contribution in [1.82, 2.24) is 5.32 Å². The van der Waals surface area contributed by atoms with Gasteiger partial charge in [0.05, 0.1) is 0 Å². The number of benzene rings is 2. The van der Waals surface area contributed by atoms with Crippen LogP contribution < -0.4 is 5.32 Å². The number of hydrogen-bond donors (Lipinski definition) is 1. The van der Waals surface area contributed by atoms with Crippen LogP contribution in [0, 0.1) is 0 Å². The van der Waals surface area contributed by atoms with E-state index in [9.17, 15) is 4.79 Å². The lowest BCUT2D eigenvalue weighted by molar-refractivity contribution is 0.141. The number of thiophene rings is 1. The zero-order valence-electron chi connectivity index (χ0n) is 13.7. The Kier molecular flexibility index (Phi) is 6.01. The first kappa shape index (κ1) is 17.0. The highest BCUT2D eigenvalue weighted by Gasteiger charge is 2.01. The fraction of sp³-hybridized carbons (Fsp3) is 0.0952. The molecule has 1 aromatic heterocycles. The first-order valence-corrected chi connectivity index (χ1v) is 8.89. The zero-order valence-corrected chi connectivity index (χ0v) is 14.5. The normalized spacial score (nSPS) is 10.7. The van der Waals surface area contributed by atoms with Gasteiger partial charge in [0.2, 0.25) is 0 Å². The van der Waals surface area contributed by atoms with Crippen LogP contribution in [-0.2, 0) is 11.3 Å². The molecule has 4 heteroatoms. The van der Waals surface area contributed by atoms with E-state index in [1.165, 1.54) is 10.4 Å². The molecule has 0 fully saturated rings. The van der Waals surface area contributed by atoms with E-state index in [-0.39, 0.29) is 6.61 Å². The molecule has 0 bridgehead atoms. The summed E-state index contributed by atoms with van der Waals surface area (Å²) in [6, 6.07) is 24.1. The molecule has 2 aromatic carbocycles. The van der Waals surface area contributed by atoms with Gasteiger partial charge < -0.3 is 10.1 Å². The van der Waals surface area contributed by atoms with E-state index in [0.717, 1.165) is 10.4 Å². The molecule has 0 saturated carbocycles. The monoisotopic (exact) mass is 349 g/mol. The molecule has 0 aliphatic heterocycles. The Balaban J connectivity index is 1.43. The van der Waals surface area contributed by atoms with Crippen LogP contribution >= 0.6 is 11.3 Å². The number of hydrogen-bond acceptors (Lipinski definition) is 3. The topological polar surface area (TPSA) is 38.3 Å². The number of amides is 1. The fourth-order valence-electron chi connectivity index (χ4n) is 2.29. The molecule has 0 unspecified atom stereocenters. The lowest BCUT2D eigenvalue weighted by Crippen LogP contribution is -2.24. The van der Waals surface area contributed by atoms with Crippen LogP contribution in [0.3, 0.4) is 0 Å². The predicted molar refractivity (Wildman–Crippen MR) is 103 cm³/mol. The van der Waals surface area contributed by atoms with Gasteiger partial charge in [-0.2, -0.15) is 0 Å². The molecule has 0 aliphatic rings. The standard InChI is InChI=1S/C21H19NO2S/c23-21(24-16-17-8-3-1-4-9-17)22-15-7-12-19-13-14-20(25-19)18-10-5-2-6-11-18/h1-14H,15-16H2,(H,22,23). The first-order valence-electron chi connectivity index (χ1n) is 8.07. The maximum Gasteiger partial charge on any atom is 0.407 e. The van der Waals surface area contributed by atoms with Crippen LogP contribution in [0.1, 0.15) is 10.4 Å². The van der Waals surface area contributed by atoms with E-state index in [1.54, 1.807) is 11.3 Å². The molecule has 126 valence electrons. The Morgan fingerprint density at radius 1 is 0.960 bits per heavy atom. The average Bonchev–Trinajstić information content (AvgIpc) is 3.14. The fourth-order valence-corrected chi connectivity index (χ4v) is 3.24. The Morgan fingerprint density at radius 2 is 1.68 bits per heavy atom. The molecule has 0 spiro atoms. The Labute approximate surface area is 151 Å². The summed E-state index contributed by atoms with van der Waals surface area (Å²) in [5, 5.41) is 2.72. The van der Waals surface area contributed by atoms with Crippen molar-refractivity contribution in [3.8, 4) is 10.4 Å². The van der Waals surface area contributed by atoms with Crippen molar-refractivity contribution < 1.29 is 9.53 Å². The Hall–Kier alpha value is -2.85. The largest absolute Gasteiger partial charge is 0.445 e. The van der Waals surface area contributed by atoms with Crippen LogP contribution in [0.4, 0.5) is 4.79 Å². The van der Waals surface area contributed by atoms with Crippen molar-refractivity contribution in [2.75, 3.05) is 6.54 Å². The lowest BCUT2D eigenvalue weighted by Gasteiger charge is -2.05. The first-order chi connectivity index (χ1) is 12.3. The van der Waals surface area contributed by atoms with Crippen molar-refractivity contribution in [3.63, 3.8) is 0 Å². The molecule has 0 atom stereocenters. The van der Waals surface area contributed by atoms with Gasteiger partial charge >= 0.3 is 6.09 Å². The van der Waals surface area contributed by atoms with E-state index < -0.39 is 6.09 Å². The van der Waals surface area contributed by atoms with Crippen LogP contribution in [0.5, 0.6) is 0 Å². The zero-order chi connectivity index (χ0) is 17.3. The number of carbonyl (C=O) groups is 1. The maximum absolute atomic E-state index is 11.7. The van der Waals surface area contributed by atoms with E-state index >= 15 is 0 Å². The highest BCUT2D eigenvalue weighted by Crippen LogP contribution is 2.28. The molecule has 3 nitrogen and oxygen atoms in total. The lowest BCUT2D eigenvalue weighted by atomic mass is 10.2. The highest BCUT2D eigenvalue weighted by atomic mass is 32.1. The van der Waals surface area contributed by atoms with E-state index in [2.05, 4.69) is 29.6 Å². The third kappa shape index (κ3) is 5.33. The number of alkyl carbamates (subject to hydrolysis) is 1. The highest BCUT2D eigenvalue weighted by molar-refractivity contribution is 7.16. The van der Waals surface area contributed by atoms with Gasteiger partial charge in [0, 0.05) is 16.3 Å². The molecular weight excluding hydrogens is 330 g/mol. The third-order valence-corrected chi connectivity index (χ3v) is 4.64. The van der Waals surface area contributed by atoms with Gasteiger partial charge in [-0.1, -0.05) is 66.7 Å². The van der Waals surface area contributed by atoms with Gasteiger partial charge in [-0.25, -0.2) is 4.79 Å². The number of carbonyl (C=O) groups excluding carboxylic acids is 1. The Bertz CT molecular complexity index is 825. The van der Waals surface area contributed by atoms with Gasteiger partial charge in [0.1, 0.15) is 6.61 Å². The number of ether oxygens (including phenoxy) is 1. The SMILES string of the molecule is O=C(NCC=Cc1ccc(-c2ccccc2)s1)OCc1ccccc1. The summed E-state index contributed by atoms with van der Waals surface area (Å²) in [6.07, 6.45) is 3.52. The van der Waals surface area contributed by atoms with E-state index in [1.807, 2.05) is 60.7 Å². The van der Waals surface area contributed by atoms with Gasteiger partial charge in [-0.15, -0.1) is 11.3 Å². The summed E-state index contributed by atoms with van der Waals surface area (Å²) < 4.78 is 5.16. The number of rotatable bonds is 6. The van der Waals surface area contributed by atoms with Crippen LogP contribution in [0.15, 0.2) is 78.9 Å². The summed E-state index contributed by atoms with van der Waals surface area (Å²) in [5.74, 6) is 0. The summed E-state index contributed by atoms with van der Waals surface area (Å²) in [7, 11) is 0. The molecule has 3 aromatic rings. The minimum absolute atomic E-state index is 0.280. The van der Waals surface area contributed by atoms with Crippen molar-refractivity contribution in [1.29, 1.82) is 0 Å². The van der Waals surface area contributed by atoms with Crippen molar-refractivity contribution in [3.05, 3.63) is 89.3 Å². The molecule has 25 heavy (non-hydrogen) atoms. The summed E-state index contributed by atoms with van der Waals surface area (Å²) in [6.45, 7) is 0.716. The van der Waals surface area contributed by atoms with Crippen LogP contribution in [0.2, 0.25) is 0 Å². The van der Waals surface area contributed by atoms with Gasteiger partial charge in [-0.3, -0.25) is 0 Å². The smallest absolute Gasteiger partial charge is 0.407 e. The average molecular weight is 349 g/mol. The van der Waals surface area contributed by atoms with Gasteiger partial charge in [0.25, 0.3) is 0 Å². The quantitative estimate of drug-likeness (QED) is 0.651. The van der Waals surface area contributed by atoms with Crippen LogP contribution in [-0.4, -0.2) is 12.6 Å². The molecule has 0 radical (unpaired) electrons. The minimum atomic E-state index is -0.412. The van der Waals surface area contributed by atoms with Gasteiger partial charge in [-0.05, 0) is 29.3 Å². The van der Waals surface area contributed by atoms with E-state index in [0.29, 0.717) is 6.54 Å². The second kappa shape index (κ2) is 8.85. The summed E-state index contributed by atoms with van der Waals surface area (Å²) in [4.78, 5) is 14.0. The molecule has 0 saturated heterocycles. The molecule has 1 amide bonds. The molecular formula is C21H19NO2S. The van der Waals surface area contributed by atoms with Crippen molar-refractivity contribution in [2.24, 2.45) is 0 Å². The molecule has 1 heterocycles. The minimum Gasteiger partial charge on any atom is -0.445 e. The molecule has 3 rings (SSSR count). The third-order valence-electron chi connectivity index (χ3n) is 3.54. The maximum atomic E-state index is 11.7. The second-order valence-electron chi connectivity index (χ2n) is 5.41. The summed E-state index contributed by atoms with van der Waals surface area (Å²) >= 11 is 1.72.